The maximum Gasteiger partial charge on any atom is 0.165 e. The zero-order valence-corrected chi connectivity index (χ0v) is 12.9. The first-order valence-corrected chi connectivity index (χ1v) is 7.34. The van der Waals surface area contributed by atoms with Crippen LogP contribution in [0.25, 0.3) is 0 Å². The molecule has 2 atom stereocenters. The van der Waals surface area contributed by atoms with Gasteiger partial charge in [0.15, 0.2) is 11.6 Å². The summed E-state index contributed by atoms with van der Waals surface area (Å²) in [7, 11) is 1.46. The lowest BCUT2D eigenvalue weighted by atomic mass is 10.1. The van der Waals surface area contributed by atoms with Crippen molar-refractivity contribution in [1.82, 2.24) is 10.3 Å². The number of hydrogen-bond donors (Lipinski definition) is 1. The summed E-state index contributed by atoms with van der Waals surface area (Å²) in [6, 6.07) is 5.21. The fourth-order valence-electron chi connectivity index (χ4n) is 2.07. The standard InChI is InChI=1S/C15H19FN2OS/c1-9-8-17-15(20-9)11(3)18-10(2)12-5-6-14(19-4)13(16)7-12/h5-8,10-11,18H,1-4H3. The van der Waals surface area contributed by atoms with E-state index in [-0.39, 0.29) is 23.7 Å². The monoisotopic (exact) mass is 294 g/mol. The molecule has 0 aliphatic rings. The van der Waals surface area contributed by atoms with Crippen molar-refractivity contribution in [3.63, 3.8) is 0 Å². The summed E-state index contributed by atoms with van der Waals surface area (Å²) in [4.78, 5) is 5.56. The van der Waals surface area contributed by atoms with E-state index in [9.17, 15) is 4.39 Å². The zero-order chi connectivity index (χ0) is 14.7. The predicted octanol–water partition coefficient (Wildman–Crippen LogP) is 4.01. The van der Waals surface area contributed by atoms with Crippen molar-refractivity contribution in [3.05, 3.63) is 45.7 Å². The Bertz CT molecular complexity index is 585. The first-order valence-electron chi connectivity index (χ1n) is 6.53. The van der Waals surface area contributed by atoms with Gasteiger partial charge in [-0.2, -0.15) is 0 Å². The predicted molar refractivity (Wildman–Crippen MR) is 79.8 cm³/mol. The van der Waals surface area contributed by atoms with E-state index in [4.69, 9.17) is 4.74 Å². The van der Waals surface area contributed by atoms with Crippen molar-refractivity contribution in [2.75, 3.05) is 7.11 Å². The van der Waals surface area contributed by atoms with E-state index >= 15 is 0 Å². The highest BCUT2D eigenvalue weighted by Gasteiger charge is 2.15. The molecular formula is C15H19FN2OS. The van der Waals surface area contributed by atoms with Crippen LogP contribution in [-0.2, 0) is 0 Å². The number of thiazole rings is 1. The van der Waals surface area contributed by atoms with Crippen molar-refractivity contribution >= 4 is 11.3 Å². The Morgan fingerprint density at radius 3 is 2.60 bits per heavy atom. The molecule has 20 heavy (non-hydrogen) atoms. The number of hydrogen-bond acceptors (Lipinski definition) is 4. The van der Waals surface area contributed by atoms with Crippen LogP contribution in [0.3, 0.4) is 0 Å². The average molecular weight is 294 g/mol. The second-order valence-corrected chi connectivity index (χ2v) is 6.08. The summed E-state index contributed by atoms with van der Waals surface area (Å²) >= 11 is 1.67. The van der Waals surface area contributed by atoms with Gasteiger partial charge >= 0.3 is 0 Å². The molecule has 108 valence electrons. The molecular weight excluding hydrogens is 275 g/mol. The Morgan fingerprint density at radius 1 is 1.30 bits per heavy atom. The summed E-state index contributed by atoms with van der Waals surface area (Å²) < 4.78 is 18.6. The number of nitrogens with one attached hydrogen (secondary N) is 1. The van der Waals surface area contributed by atoms with Gasteiger partial charge < -0.3 is 10.1 Å². The van der Waals surface area contributed by atoms with Gasteiger partial charge in [0.25, 0.3) is 0 Å². The molecule has 0 aliphatic heterocycles. The Morgan fingerprint density at radius 2 is 2.05 bits per heavy atom. The minimum atomic E-state index is -0.337. The first-order chi connectivity index (χ1) is 9.51. The number of benzene rings is 1. The van der Waals surface area contributed by atoms with Gasteiger partial charge in [0.05, 0.1) is 13.2 Å². The minimum Gasteiger partial charge on any atom is -0.494 e. The van der Waals surface area contributed by atoms with Gasteiger partial charge in [0.2, 0.25) is 0 Å². The third-order valence-corrected chi connectivity index (χ3v) is 4.28. The second-order valence-electron chi connectivity index (χ2n) is 4.81. The molecule has 0 fully saturated rings. The van der Waals surface area contributed by atoms with Gasteiger partial charge in [-0.1, -0.05) is 6.07 Å². The fourth-order valence-corrected chi connectivity index (χ4v) is 2.85. The van der Waals surface area contributed by atoms with Crippen LogP contribution in [0.1, 0.15) is 41.4 Å². The summed E-state index contributed by atoms with van der Waals surface area (Å²) in [5, 5.41) is 4.48. The molecule has 0 saturated carbocycles. The SMILES string of the molecule is COc1ccc(C(C)NC(C)c2ncc(C)s2)cc1F. The van der Waals surface area contributed by atoms with E-state index in [0.29, 0.717) is 0 Å². The van der Waals surface area contributed by atoms with Gasteiger partial charge in [0.1, 0.15) is 5.01 Å². The second kappa shape index (κ2) is 6.33. The van der Waals surface area contributed by atoms with Gasteiger partial charge in [-0.15, -0.1) is 11.3 Å². The number of nitrogens with zero attached hydrogens (tertiary/aromatic N) is 1. The van der Waals surface area contributed by atoms with E-state index in [1.807, 2.05) is 26.1 Å². The van der Waals surface area contributed by atoms with Crippen molar-refractivity contribution in [1.29, 1.82) is 0 Å². The normalized spacial score (nSPS) is 14.1. The van der Waals surface area contributed by atoms with Crippen molar-refractivity contribution in [2.24, 2.45) is 0 Å². The Balaban J connectivity index is 2.07. The highest BCUT2D eigenvalue weighted by Crippen LogP contribution is 2.25. The maximum atomic E-state index is 13.7. The van der Waals surface area contributed by atoms with Gasteiger partial charge in [-0.05, 0) is 38.5 Å². The molecule has 1 N–H and O–H groups in total. The fraction of sp³-hybridized carbons (Fsp3) is 0.400. The lowest BCUT2D eigenvalue weighted by molar-refractivity contribution is 0.385. The number of aromatic nitrogens is 1. The molecule has 2 rings (SSSR count). The highest BCUT2D eigenvalue weighted by molar-refractivity contribution is 7.11. The molecule has 0 saturated heterocycles. The quantitative estimate of drug-likeness (QED) is 0.904. The van der Waals surface area contributed by atoms with E-state index in [2.05, 4.69) is 17.2 Å². The Kier molecular flexibility index (Phi) is 4.73. The number of rotatable bonds is 5. The average Bonchev–Trinajstić information content (AvgIpc) is 2.85. The van der Waals surface area contributed by atoms with Crippen LogP contribution < -0.4 is 10.1 Å². The molecule has 0 aliphatic carbocycles. The van der Waals surface area contributed by atoms with Gasteiger partial charge in [-0.3, -0.25) is 0 Å². The minimum absolute atomic E-state index is 0.0367. The molecule has 1 heterocycles. The van der Waals surface area contributed by atoms with Gasteiger partial charge in [-0.25, -0.2) is 9.37 Å². The topological polar surface area (TPSA) is 34.1 Å². The van der Waals surface area contributed by atoms with E-state index in [1.54, 1.807) is 17.4 Å². The number of aryl methyl sites for hydroxylation is 1. The molecule has 0 amide bonds. The van der Waals surface area contributed by atoms with Crippen LogP contribution in [0.15, 0.2) is 24.4 Å². The molecule has 1 aromatic carbocycles. The van der Waals surface area contributed by atoms with E-state index in [1.165, 1.54) is 18.1 Å². The number of ether oxygens (including phenoxy) is 1. The molecule has 2 aromatic rings. The van der Waals surface area contributed by atoms with Crippen molar-refractivity contribution in [3.8, 4) is 5.75 Å². The van der Waals surface area contributed by atoms with Crippen LogP contribution in [0.2, 0.25) is 0 Å². The molecule has 2 unspecified atom stereocenters. The van der Waals surface area contributed by atoms with E-state index < -0.39 is 0 Å². The summed E-state index contributed by atoms with van der Waals surface area (Å²) in [5.74, 6) is -0.0686. The molecule has 5 heteroatoms. The van der Waals surface area contributed by atoms with Crippen LogP contribution >= 0.6 is 11.3 Å². The van der Waals surface area contributed by atoms with Crippen LogP contribution in [0, 0.1) is 12.7 Å². The van der Waals surface area contributed by atoms with Crippen LogP contribution in [0.4, 0.5) is 4.39 Å². The summed E-state index contributed by atoms with van der Waals surface area (Å²) in [6.07, 6.45) is 1.87. The summed E-state index contributed by atoms with van der Waals surface area (Å²) in [6.45, 7) is 6.11. The van der Waals surface area contributed by atoms with Crippen molar-refractivity contribution < 1.29 is 9.13 Å². The summed E-state index contributed by atoms with van der Waals surface area (Å²) in [5.41, 5.74) is 0.892. The first kappa shape index (κ1) is 14.9. The molecule has 0 radical (unpaired) electrons. The molecule has 0 spiro atoms. The van der Waals surface area contributed by atoms with Gasteiger partial charge in [0, 0.05) is 17.1 Å². The molecule has 3 nitrogen and oxygen atoms in total. The van der Waals surface area contributed by atoms with Crippen LogP contribution in [0.5, 0.6) is 5.75 Å². The van der Waals surface area contributed by atoms with E-state index in [0.717, 1.165) is 10.6 Å². The Labute approximate surface area is 122 Å². The largest absolute Gasteiger partial charge is 0.494 e. The molecule has 0 bridgehead atoms. The smallest absolute Gasteiger partial charge is 0.165 e. The molecule has 1 aromatic heterocycles. The maximum absolute atomic E-state index is 13.7. The zero-order valence-electron chi connectivity index (χ0n) is 12.1. The highest BCUT2D eigenvalue weighted by atomic mass is 32.1. The lowest BCUT2D eigenvalue weighted by Gasteiger charge is -2.19. The van der Waals surface area contributed by atoms with Crippen LogP contribution in [-0.4, -0.2) is 12.1 Å². The third kappa shape index (κ3) is 3.35. The third-order valence-electron chi connectivity index (χ3n) is 3.19. The van der Waals surface area contributed by atoms with Crippen molar-refractivity contribution in [2.45, 2.75) is 32.9 Å². The Hall–Kier alpha value is -1.46. The lowest BCUT2D eigenvalue weighted by Crippen LogP contribution is -2.22. The number of methoxy groups -OCH3 is 1. The number of halogens is 1.